The normalized spacial score (nSPS) is 10.6. The van der Waals surface area contributed by atoms with E-state index >= 15 is 0 Å². The Balaban J connectivity index is 0. The van der Waals surface area contributed by atoms with Crippen molar-refractivity contribution < 1.29 is 9.59 Å². The van der Waals surface area contributed by atoms with Crippen LogP contribution in [-0.4, -0.2) is 30.4 Å². The van der Waals surface area contributed by atoms with Crippen LogP contribution in [0, 0.1) is 0 Å². The van der Waals surface area contributed by atoms with E-state index < -0.39 is 0 Å². The van der Waals surface area contributed by atoms with Gasteiger partial charge in [-0.05, 0) is 25.7 Å². The van der Waals surface area contributed by atoms with Crippen molar-refractivity contribution in [1.82, 2.24) is 10.6 Å². The summed E-state index contributed by atoms with van der Waals surface area (Å²) in [6, 6.07) is 0. The molecule has 0 spiro atoms. The molecule has 6 heteroatoms. The first-order chi connectivity index (χ1) is 9.03. The molecule has 0 aliphatic heterocycles. The summed E-state index contributed by atoms with van der Waals surface area (Å²) in [5, 5.41) is 5.80. The smallest absolute Gasteiger partial charge is 0.220 e. The van der Waals surface area contributed by atoms with E-state index in [-0.39, 0.29) is 29.8 Å². The minimum absolute atomic E-state index is 0. The van der Waals surface area contributed by atoms with Crippen molar-refractivity contribution in [3.63, 3.8) is 0 Å². The second kappa shape index (κ2) is 12.0. The first-order valence-electron chi connectivity index (χ1n) is 7.31. The molecule has 0 aliphatic rings. The molecule has 0 rings (SSSR count). The van der Waals surface area contributed by atoms with E-state index in [1.54, 1.807) is 0 Å². The molecule has 0 aromatic heterocycles. The highest BCUT2D eigenvalue weighted by molar-refractivity contribution is 5.85. The third kappa shape index (κ3) is 8.38. The van der Waals surface area contributed by atoms with E-state index in [4.69, 9.17) is 5.73 Å². The molecule has 0 atom stereocenters. The molecule has 2 amide bonds. The highest BCUT2D eigenvalue weighted by atomic mass is 35.5. The molecule has 0 saturated heterocycles. The third-order valence-electron chi connectivity index (χ3n) is 3.53. The van der Waals surface area contributed by atoms with Crippen LogP contribution in [0.4, 0.5) is 0 Å². The van der Waals surface area contributed by atoms with E-state index in [2.05, 4.69) is 10.6 Å². The highest BCUT2D eigenvalue weighted by Gasteiger charge is 2.25. The molecule has 0 heterocycles. The maximum absolute atomic E-state index is 11.8. The Morgan fingerprint density at radius 3 is 2.05 bits per heavy atom. The van der Waals surface area contributed by atoms with Gasteiger partial charge in [-0.1, -0.05) is 20.8 Å². The van der Waals surface area contributed by atoms with Gasteiger partial charge in [-0.2, -0.15) is 0 Å². The second-order valence-electron chi connectivity index (χ2n) is 4.94. The predicted octanol–water partition coefficient (Wildman–Crippen LogP) is 1.74. The third-order valence-corrected chi connectivity index (χ3v) is 3.53. The lowest BCUT2D eigenvalue weighted by molar-refractivity contribution is -0.123. The monoisotopic (exact) mass is 307 g/mol. The number of nitrogens with one attached hydrogen (secondary N) is 2. The van der Waals surface area contributed by atoms with E-state index in [0.29, 0.717) is 32.4 Å². The molecule has 0 radical (unpaired) electrons. The van der Waals surface area contributed by atoms with E-state index in [1.165, 1.54) is 0 Å². The van der Waals surface area contributed by atoms with Crippen LogP contribution < -0.4 is 16.4 Å². The fourth-order valence-corrected chi connectivity index (χ4v) is 1.89. The van der Waals surface area contributed by atoms with Crippen molar-refractivity contribution in [2.24, 2.45) is 5.73 Å². The average molecular weight is 308 g/mol. The number of rotatable bonds is 10. The Bertz CT molecular complexity index is 273. The summed E-state index contributed by atoms with van der Waals surface area (Å²) in [6.07, 6.45) is 3.93. The number of nitrogens with two attached hydrogens (primary N) is 1. The van der Waals surface area contributed by atoms with Gasteiger partial charge in [-0.25, -0.2) is 0 Å². The Hall–Kier alpha value is -0.810. The second-order valence-corrected chi connectivity index (χ2v) is 4.94. The van der Waals surface area contributed by atoms with Gasteiger partial charge in [0.1, 0.15) is 0 Å². The zero-order valence-corrected chi connectivity index (χ0v) is 13.8. The number of amides is 2. The minimum Gasteiger partial charge on any atom is -0.356 e. The van der Waals surface area contributed by atoms with Gasteiger partial charge in [0, 0.05) is 25.9 Å². The Morgan fingerprint density at radius 2 is 1.60 bits per heavy atom. The molecule has 0 saturated carbocycles. The van der Waals surface area contributed by atoms with Gasteiger partial charge in [-0.3, -0.25) is 9.59 Å². The summed E-state index contributed by atoms with van der Waals surface area (Å²) in [6.45, 7) is 7.20. The fraction of sp³-hybridized carbons (Fsp3) is 0.857. The Kier molecular flexibility index (Phi) is 12.9. The first kappa shape index (κ1) is 21.5. The summed E-state index contributed by atoms with van der Waals surface area (Å²) < 4.78 is 0. The summed E-state index contributed by atoms with van der Waals surface area (Å²) in [5.41, 5.74) is 5.44. The lowest BCUT2D eigenvalue weighted by Crippen LogP contribution is -2.52. The number of hydrogen-bond donors (Lipinski definition) is 3. The number of halogens is 1. The Labute approximate surface area is 128 Å². The molecule has 20 heavy (non-hydrogen) atoms. The molecule has 4 N–H and O–H groups in total. The van der Waals surface area contributed by atoms with Crippen molar-refractivity contribution in [1.29, 1.82) is 0 Å². The van der Waals surface area contributed by atoms with Gasteiger partial charge in [0.15, 0.2) is 0 Å². The standard InChI is InChI=1S/C14H29N3O2.ClH/c1-4-10-16-12(18)8-7-9-13(19)17-14(5-2,6-3)11-15;/h4-11,15H2,1-3H3,(H,16,18)(H,17,19);1H. The van der Waals surface area contributed by atoms with Crippen LogP contribution in [0.25, 0.3) is 0 Å². The van der Waals surface area contributed by atoms with Gasteiger partial charge in [0.2, 0.25) is 11.8 Å². The molecule has 0 aromatic rings. The SMILES string of the molecule is CCCNC(=O)CCCC(=O)NC(CC)(CC)CN.Cl. The number of hydrogen-bond acceptors (Lipinski definition) is 3. The topological polar surface area (TPSA) is 84.2 Å². The van der Waals surface area contributed by atoms with E-state index in [9.17, 15) is 9.59 Å². The lowest BCUT2D eigenvalue weighted by Gasteiger charge is -2.31. The van der Waals surface area contributed by atoms with Crippen LogP contribution in [0.5, 0.6) is 0 Å². The molecular formula is C14H30ClN3O2. The zero-order chi connectivity index (χ0) is 14.7. The van der Waals surface area contributed by atoms with Gasteiger partial charge in [-0.15, -0.1) is 12.4 Å². The number of carbonyl (C=O) groups excluding carboxylic acids is 2. The fourth-order valence-electron chi connectivity index (χ4n) is 1.89. The quantitative estimate of drug-likeness (QED) is 0.575. The van der Waals surface area contributed by atoms with Crippen molar-refractivity contribution >= 4 is 24.2 Å². The van der Waals surface area contributed by atoms with Gasteiger partial charge in [0.25, 0.3) is 0 Å². The molecular weight excluding hydrogens is 278 g/mol. The molecule has 0 bridgehead atoms. The minimum atomic E-state index is -0.290. The van der Waals surface area contributed by atoms with Crippen LogP contribution >= 0.6 is 12.4 Å². The van der Waals surface area contributed by atoms with E-state index in [0.717, 1.165) is 19.3 Å². The van der Waals surface area contributed by atoms with Crippen molar-refractivity contribution in [2.45, 2.75) is 64.8 Å². The van der Waals surface area contributed by atoms with Gasteiger partial charge < -0.3 is 16.4 Å². The van der Waals surface area contributed by atoms with Crippen LogP contribution in [0.15, 0.2) is 0 Å². The van der Waals surface area contributed by atoms with E-state index in [1.807, 2.05) is 20.8 Å². The van der Waals surface area contributed by atoms with Crippen LogP contribution in [0.3, 0.4) is 0 Å². The number of carbonyl (C=O) groups is 2. The Morgan fingerprint density at radius 1 is 1.05 bits per heavy atom. The van der Waals surface area contributed by atoms with Crippen LogP contribution in [0.1, 0.15) is 59.3 Å². The summed E-state index contributed by atoms with van der Waals surface area (Å²) in [4.78, 5) is 23.2. The molecule has 5 nitrogen and oxygen atoms in total. The maximum atomic E-state index is 11.8. The maximum Gasteiger partial charge on any atom is 0.220 e. The van der Waals surface area contributed by atoms with Crippen molar-refractivity contribution in [3.05, 3.63) is 0 Å². The average Bonchev–Trinajstić information content (AvgIpc) is 2.42. The molecule has 0 fully saturated rings. The largest absolute Gasteiger partial charge is 0.356 e. The zero-order valence-electron chi connectivity index (χ0n) is 13.0. The van der Waals surface area contributed by atoms with Crippen LogP contribution in [0.2, 0.25) is 0 Å². The van der Waals surface area contributed by atoms with Crippen molar-refractivity contribution in [3.8, 4) is 0 Å². The summed E-state index contributed by atoms with van der Waals surface area (Å²) in [7, 11) is 0. The summed E-state index contributed by atoms with van der Waals surface area (Å²) >= 11 is 0. The molecule has 0 aromatic carbocycles. The van der Waals surface area contributed by atoms with Crippen LogP contribution in [-0.2, 0) is 9.59 Å². The summed E-state index contributed by atoms with van der Waals surface area (Å²) in [5.74, 6) is 0.00293. The predicted molar refractivity (Wildman–Crippen MR) is 84.9 cm³/mol. The first-order valence-corrected chi connectivity index (χ1v) is 7.31. The highest BCUT2D eigenvalue weighted by Crippen LogP contribution is 2.13. The van der Waals surface area contributed by atoms with Crippen molar-refractivity contribution in [2.75, 3.05) is 13.1 Å². The molecule has 0 aliphatic carbocycles. The van der Waals surface area contributed by atoms with Gasteiger partial charge >= 0.3 is 0 Å². The molecule has 0 unspecified atom stereocenters. The van der Waals surface area contributed by atoms with Gasteiger partial charge in [0.05, 0.1) is 5.54 Å². The lowest BCUT2D eigenvalue weighted by atomic mass is 9.92. The molecule has 120 valence electrons.